The van der Waals surface area contributed by atoms with Crippen LogP contribution in [-0.4, -0.2) is 31.0 Å². The number of rotatable bonds is 4. The number of aliphatic hydroxyl groups excluding tert-OH is 1. The van der Waals surface area contributed by atoms with Crippen molar-refractivity contribution in [3.63, 3.8) is 0 Å². The molecule has 2 atom stereocenters. The molecule has 21 heavy (non-hydrogen) atoms. The molecule has 5 heteroatoms. The van der Waals surface area contributed by atoms with Crippen LogP contribution in [0.25, 0.3) is 0 Å². The maximum atomic E-state index is 9.82. The molecule has 0 spiro atoms. The van der Waals surface area contributed by atoms with E-state index in [4.69, 9.17) is 21.1 Å². The number of halogens is 1. The van der Waals surface area contributed by atoms with Crippen molar-refractivity contribution < 1.29 is 14.6 Å². The minimum Gasteiger partial charge on any atom is -0.489 e. The summed E-state index contributed by atoms with van der Waals surface area (Å²) >= 11 is 6.28. The first-order valence-corrected chi connectivity index (χ1v) is 8.08. The minimum atomic E-state index is -0.148. The summed E-state index contributed by atoms with van der Waals surface area (Å²) in [5.41, 5.74) is 1.08. The van der Waals surface area contributed by atoms with Crippen molar-refractivity contribution in [2.75, 3.05) is 19.8 Å². The van der Waals surface area contributed by atoms with Gasteiger partial charge in [0.25, 0.3) is 0 Å². The van der Waals surface area contributed by atoms with E-state index >= 15 is 0 Å². The van der Waals surface area contributed by atoms with E-state index in [9.17, 15) is 5.11 Å². The molecule has 1 aromatic carbocycles. The Hall–Kier alpha value is -0.970. The second-order valence-corrected chi connectivity index (χ2v) is 6.25. The first kappa shape index (κ1) is 14.9. The van der Waals surface area contributed by atoms with Crippen LogP contribution in [0.4, 0.5) is 0 Å². The predicted molar refractivity (Wildman–Crippen MR) is 82.1 cm³/mol. The summed E-state index contributed by atoms with van der Waals surface area (Å²) < 4.78 is 11.3. The minimum absolute atomic E-state index is 0.148. The van der Waals surface area contributed by atoms with Gasteiger partial charge in [0, 0.05) is 19.5 Å². The van der Waals surface area contributed by atoms with Crippen LogP contribution in [0.3, 0.4) is 0 Å². The predicted octanol–water partition coefficient (Wildman–Crippen LogP) is 2.75. The molecule has 4 nitrogen and oxygen atoms in total. The zero-order valence-electron chi connectivity index (χ0n) is 12.1. The summed E-state index contributed by atoms with van der Waals surface area (Å²) in [5, 5.41) is 13.8. The van der Waals surface area contributed by atoms with Gasteiger partial charge in [-0.15, -0.1) is 0 Å². The number of ether oxygens (including phenoxy) is 2. The highest BCUT2D eigenvalue weighted by Crippen LogP contribution is 2.38. The van der Waals surface area contributed by atoms with Gasteiger partial charge in [0.2, 0.25) is 0 Å². The third kappa shape index (κ3) is 3.62. The van der Waals surface area contributed by atoms with Gasteiger partial charge in [-0.25, -0.2) is 0 Å². The lowest BCUT2D eigenvalue weighted by Gasteiger charge is -2.16. The monoisotopic (exact) mass is 311 g/mol. The molecule has 1 aromatic rings. The number of hydrogen-bond acceptors (Lipinski definition) is 4. The quantitative estimate of drug-likeness (QED) is 0.898. The fourth-order valence-electron chi connectivity index (χ4n) is 3.04. The Morgan fingerprint density at radius 2 is 2.05 bits per heavy atom. The molecule has 0 radical (unpaired) electrons. The van der Waals surface area contributed by atoms with E-state index in [1.54, 1.807) is 0 Å². The van der Waals surface area contributed by atoms with E-state index in [-0.39, 0.29) is 6.10 Å². The molecule has 1 heterocycles. The first-order valence-electron chi connectivity index (χ1n) is 7.71. The molecular formula is C16H22ClNO3. The van der Waals surface area contributed by atoms with Crippen molar-refractivity contribution in [3.8, 4) is 11.5 Å². The number of aliphatic hydroxyl groups is 1. The molecule has 3 rings (SSSR count). The molecule has 2 aliphatic rings. The largest absolute Gasteiger partial charge is 0.489 e. The van der Waals surface area contributed by atoms with E-state index in [0.717, 1.165) is 50.1 Å². The van der Waals surface area contributed by atoms with Gasteiger partial charge < -0.3 is 19.9 Å². The Bertz CT molecular complexity index is 495. The lowest BCUT2D eigenvalue weighted by molar-refractivity contribution is 0.131. The number of benzene rings is 1. The van der Waals surface area contributed by atoms with Gasteiger partial charge in [-0.05, 0) is 36.5 Å². The Morgan fingerprint density at radius 3 is 2.86 bits per heavy atom. The van der Waals surface area contributed by atoms with Crippen LogP contribution in [-0.2, 0) is 6.54 Å². The maximum absolute atomic E-state index is 9.82. The molecule has 1 fully saturated rings. The lowest BCUT2D eigenvalue weighted by atomic mass is 10.1. The van der Waals surface area contributed by atoms with Crippen LogP contribution in [0.1, 0.15) is 31.2 Å². The van der Waals surface area contributed by atoms with Gasteiger partial charge in [0.1, 0.15) is 0 Å². The van der Waals surface area contributed by atoms with Gasteiger partial charge in [-0.3, -0.25) is 0 Å². The summed E-state index contributed by atoms with van der Waals surface area (Å²) in [5.74, 6) is 1.77. The van der Waals surface area contributed by atoms with Crippen molar-refractivity contribution in [2.24, 2.45) is 5.92 Å². The molecule has 0 saturated heterocycles. The van der Waals surface area contributed by atoms with Gasteiger partial charge >= 0.3 is 0 Å². The number of hydrogen-bond donors (Lipinski definition) is 2. The van der Waals surface area contributed by atoms with Crippen molar-refractivity contribution in [1.82, 2.24) is 5.32 Å². The highest BCUT2D eigenvalue weighted by Gasteiger charge is 2.24. The average molecular weight is 312 g/mol. The fraction of sp³-hybridized carbons (Fsp3) is 0.625. The van der Waals surface area contributed by atoms with Crippen LogP contribution >= 0.6 is 11.6 Å². The molecule has 2 unspecified atom stereocenters. The molecule has 1 aliphatic carbocycles. The lowest BCUT2D eigenvalue weighted by Crippen LogP contribution is -2.27. The van der Waals surface area contributed by atoms with E-state index in [1.165, 1.54) is 0 Å². The van der Waals surface area contributed by atoms with Gasteiger partial charge in [-0.1, -0.05) is 18.0 Å². The highest BCUT2D eigenvalue weighted by molar-refractivity contribution is 6.32. The average Bonchev–Trinajstić information content (AvgIpc) is 2.73. The summed E-state index contributed by atoms with van der Waals surface area (Å²) in [7, 11) is 0. The smallest absolute Gasteiger partial charge is 0.179 e. The Labute approximate surface area is 130 Å². The zero-order valence-corrected chi connectivity index (χ0v) is 12.9. The number of nitrogens with one attached hydrogen (secondary N) is 1. The summed E-state index contributed by atoms with van der Waals surface area (Å²) in [4.78, 5) is 0. The zero-order chi connectivity index (χ0) is 14.7. The molecule has 1 aliphatic heterocycles. The van der Waals surface area contributed by atoms with Gasteiger partial charge in [-0.2, -0.15) is 0 Å². The summed E-state index contributed by atoms with van der Waals surface area (Å²) in [6.07, 6.45) is 3.89. The molecule has 116 valence electrons. The van der Waals surface area contributed by atoms with E-state index in [0.29, 0.717) is 29.9 Å². The van der Waals surface area contributed by atoms with Gasteiger partial charge in [0.05, 0.1) is 24.3 Å². The van der Waals surface area contributed by atoms with Crippen molar-refractivity contribution >= 4 is 11.6 Å². The number of fused-ring (bicyclic) bond motifs is 1. The highest BCUT2D eigenvalue weighted by atomic mass is 35.5. The molecule has 2 N–H and O–H groups in total. The van der Waals surface area contributed by atoms with E-state index in [2.05, 4.69) is 5.32 Å². The SMILES string of the molecule is OC1CCCC1CNCc1cc(Cl)c2c(c1)OCCCO2. The summed E-state index contributed by atoms with van der Waals surface area (Å²) in [6, 6.07) is 3.91. The first-order chi connectivity index (χ1) is 10.2. The summed E-state index contributed by atoms with van der Waals surface area (Å²) in [6.45, 7) is 2.87. The molecule has 0 aromatic heterocycles. The Balaban J connectivity index is 1.60. The Kier molecular flexibility index (Phi) is 4.88. The third-order valence-electron chi connectivity index (χ3n) is 4.22. The maximum Gasteiger partial charge on any atom is 0.179 e. The second-order valence-electron chi connectivity index (χ2n) is 5.84. The molecule has 0 amide bonds. The Morgan fingerprint density at radius 1 is 1.19 bits per heavy atom. The topological polar surface area (TPSA) is 50.7 Å². The van der Waals surface area contributed by atoms with Crippen molar-refractivity contribution in [2.45, 2.75) is 38.3 Å². The standard InChI is InChI=1S/C16H22ClNO3/c17-13-7-11(8-15-16(13)21-6-2-5-20-15)9-18-10-12-3-1-4-14(12)19/h7-8,12,14,18-19H,1-6,9-10H2. The molecule has 0 bridgehead atoms. The normalized spacial score (nSPS) is 24.9. The van der Waals surface area contributed by atoms with Crippen LogP contribution in [0.5, 0.6) is 11.5 Å². The van der Waals surface area contributed by atoms with E-state index < -0.39 is 0 Å². The fourth-order valence-corrected chi connectivity index (χ4v) is 3.33. The van der Waals surface area contributed by atoms with Crippen LogP contribution in [0, 0.1) is 5.92 Å². The van der Waals surface area contributed by atoms with Gasteiger partial charge in [0.15, 0.2) is 11.5 Å². The molecular weight excluding hydrogens is 290 g/mol. The molecule has 1 saturated carbocycles. The van der Waals surface area contributed by atoms with Crippen LogP contribution < -0.4 is 14.8 Å². The van der Waals surface area contributed by atoms with Crippen molar-refractivity contribution in [3.05, 3.63) is 22.7 Å². The third-order valence-corrected chi connectivity index (χ3v) is 4.50. The van der Waals surface area contributed by atoms with E-state index in [1.807, 2.05) is 12.1 Å². The second kappa shape index (κ2) is 6.86. The van der Waals surface area contributed by atoms with Crippen LogP contribution in [0.15, 0.2) is 12.1 Å². The van der Waals surface area contributed by atoms with Crippen molar-refractivity contribution in [1.29, 1.82) is 0 Å². The van der Waals surface area contributed by atoms with Crippen LogP contribution in [0.2, 0.25) is 5.02 Å².